The van der Waals surface area contributed by atoms with E-state index >= 15 is 0 Å². The second kappa shape index (κ2) is 10.2. The molecule has 0 aromatic heterocycles. The Bertz CT molecular complexity index is 669. The molecule has 0 spiro atoms. The molecule has 2 aromatic carbocycles. The Labute approximate surface area is 150 Å². The third-order valence-corrected chi connectivity index (χ3v) is 3.79. The molecule has 0 heterocycles. The Kier molecular flexibility index (Phi) is 7.63. The highest BCUT2D eigenvalue weighted by molar-refractivity contribution is 5.79. The van der Waals surface area contributed by atoms with E-state index in [9.17, 15) is 0 Å². The number of hydrogen-bond acceptors (Lipinski definition) is 3. The molecule has 0 amide bonds. The summed E-state index contributed by atoms with van der Waals surface area (Å²) in [6.45, 7) is 4.10. The van der Waals surface area contributed by atoms with Gasteiger partial charge in [-0.15, -0.1) is 0 Å². The number of rotatable bonds is 8. The van der Waals surface area contributed by atoms with Crippen LogP contribution in [0.5, 0.6) is 11.5 Å². The van der Waals surface area contributed by atoms with Crippen molar-refractivity contribution < 1.29 is 9.47 Å². The lowest BCUT2D eigenvalue weighted by molar-refractivity contribution is 0.322. The van der Waals surface area contributed by atoms with Crippen LogP contribution in [0.1, 0.15) is 11.1 Å². The van der Waals surface area contributed by atoms with Crippen LogP contribution in [-0.4, -0.2) is 39.8 Å². The lowest BCUT2D eigenvalue weighted by atomic mass is 10.1. The summed E-state index contributed by atoms with van der Waals surface area (Å²) in [4.78, 5) is 4.23. The van der Waals surface area contributed by atoms with Crippen molar-refractivity contribution in [2.75, 3.05) is 33.9 Å². The highest BCUT2D eigenvalue weighted by Crippen LogP contribution is 2.17. The van der Waals surface area contributed by atoms with Gasteiger partial charge in [0.1, 0.15) is 18.1 Å². The first-order valence-electron chi connectivity index (χ1n) is 8.49. The molecule has 0 bridgehead atoms. The van der Waals surface area contributed by atoms with E-state index in [1.807, 2.05) is 42.5 Å². The molecule has 0 unspecified atom stereocenters. The van der Waals surface area contributed by atoms with Crippen LogP contribution in [0.25, 0.3) is 0 Å². The Hall–Kier alpha value is -2.69. The molecule has 0 fully saturated rings. The van der Waals surface area contributed by atoms with Crippen LogP contribution in [0.3, 0.4) is 0 Å². The smallest absolute Gasteiger partial charge is 0.191 e. The Morgan fingerprint density at radius 2 is 1.72 bits per heavy atom. The number of methoxy groups -OCH3 is 1. The van der Waals surface area contributed by atoms with Crippen molar-refractivity contribution in [2.24, 2.45) is 4.99 Å². The maximum Gasteiger partial charge on any atom is 0.191 e. The van der Waals surface area contributed by atoms with Gasteiger partial charge < -0.3 is 20.1 Å². The molecular formula is C20H27N3O2. The van der Waals surface area contributed by atoms with Gasteiger partial charge in [0.15, 0.2) is 5.96 Å². The van der Waals surface area contributed by atoms with Gasteiger partial charge in [-0.2, -0.15) is 0 Å². The number of hydrogen-bond donors (Lipinski definition) is 2. The van der Waals surface area contributed by atoms with Crippen LogP contribution >= 0.6 is 0 Å². The minimum atomic E-state index is 0.580. The summed E-state index contributed by atoms with van der Waals surface area (Å²) in [7, 11) is 3.46. The van der Waals surface area contributed by atoms with Crippen molar-refractivity contribution in [2.45, 2.75) is 13.3 Å². The first-order chi connectivity index (χ1) is 12.2. The molecule has 0 aliphatic heterocycles. The fourth-order valence-corrected chi connectivity index (χ4v) is 2.42. The first-order valence-corrected chi connectivity index (χ1v) is 8.49. The molecule has 2 N–H and O–H groups in total. The fourth-order valence-electron chi connectivity index (χ4n) is 2.42. The topological polar surface area (TPSA) is 54.9 Å². The molecule has 134 valence electrons. The summed E-state index contributed by atoms with van der Waals surface area (Å²) < 4.78 is 11.1. The standard InChI is InChI=1S/C20H27N3O2/c1-16-8-10-18(11-9-16)25-15-14-23-20(21-2)22-13-12-17-6-4-5-7-19(17)24-3/h4-11H,12-15H2,1-3H3,(H2,21,22,23). The van der Waals surface area contributed by atoms with Crippen LogP contribution in [-0.2, 0) is 6.42 Å². The molecule has 5 nitrogen and oxygen atoms in total. The lowest BCUT2D eigenvalue weighted by Gasteiger charge is -2.13. The van der Waals surface area contributed by atoms with E-state index in [-0.39, 0.29) is 0 Å². The van der Waals surface area contributed by atoms with Gasteiger partial charge in [-0.05, 0) is 37.1 Å². The van der Waals surface area contributed by atoms with Crippen LogP contribution < -0.4 is 20.1 Å². The maximum atomic E-state index is 5.70. The molecule has 2 rings (SSSR count). The Morgan fingerprint density at radius 1 is 1.00 bits per heavy atom. The van der Waals surface area contributed by atoms with E-state index in [0.717, 1.165) is 30.4 Å². The van der Waals surface area contributed by atoms with Crippen molar-refractivity contribution >= 4 is 5.96 Å². The summed E-state index contributed by atoms with van der Waals surface area (Å²) in [5, 5.41) is 6.55. The number of ether oxygens (including phenoxy) is 2. The number of guanidine groups is 1. The van der Waals surface area contributed by atoms with Gasteiger partial charge in [0, 0.05) is 13.6 Å². The predicted octanol–water partition coefficient (Wildman–Crippen LogP) is 2.79. The minimum Gasteiger partial charge on any atom is -0.496 e. The number of benzene rings is 2. The zero-order valence-corrected chi connectivity index (χ0v) is 15.2. The van der Waals surface area contributed by atoms with E-state index in [1.165, 1.54) is 11.1 Å². The number of nitrogens with one attached hydrogen (secondary N) is 2. The summed E-state index contributed by atoms with van der Waals surface area (Å²) >= 11 is 0. The van der Waals surface area contributed by atoms with Crippen molar-refractivity contribution in [1.29, 1.82) is 0 Å². The monoisotopic (exact) mass is 341 g/mol. The predicted molar refractivity (Wildman–Crippen MR) is 103 cm³/mol. The van der Waals surface area contributed by atoms with Crippen LogP contribution in [0.2, 0.25) is 0 Å². The zero-order chi connectivity index (χ0) is 17.9. The normalized spacial score (nSPS) is 11.1. The van der Waals surface area contributed by atoms with Crippen LogP contribution in [0.4, 0.5) is 0 Å². The van der Waals surface area contributed by atoms with E-state index in [2.05, 4.69) is 28.6 Å². The van der Waals surface area contributed by atoms with Gasteiger partial charge in [0.25, 0.3) is 0 Å². The molecule has 0 saturated carbocycles. The Balaban J connectivity index is 1.67. The van der Waals surface area contributed by atoms with Gasteiger partial charge in [-0.3, -0.25) is 4.99 Å². The molecular weight excluding hydrogens is 314 g/mol. The number of nitrogens with zero attached hydrogens (tertiary/aromatic N) is 1. The largest absolute Gasteiger partial charge is 0.496 e. The third-order valence-electron chi connectivity index (χ3n) is 3.79. The van der Waals surface area contributed by atoms with E-state index in [4.69, 9.17) is 9.47 Å². The number of aryl methyl sites for hydroxylation is 1. The van der Waals surface area contributed by atoms with Gasteiger partial charge in [-0.25, -0.2) is 0 Å². The quantitative estimate of drug-likeness (QED) is 0.440. The SMILES string of the molecule is CN=C(NCCOc1ccc(C)cc1)NCCc1ccccc1OC. The highest BCUT2D eigenvalue weighted by Gasteiger charge is 2.02. The zero-order valence-electron chi connectivity index (χ0n) is 15.2. The van der Waals surface area contributed by atoms with Gasteiger partial charge >= 0.3 is 0 Å². The van der Waals surface area contributed by atoms with E-state index in [0.29, 0.717) is 13.2 Å². The summed E-state index contributed by atoms with van der Waals surface area (Å²) in [6, 6.07) is 16.1. The molecule has 25 heavy (non-hydrogen) atoms. The fraction of sp³-hybridized carbons (Fsp3) is 0.350. The van der Waals surface area contributed by atoms with Gasteiger partial charge in [0.05, 0.1) is 13.7 Å². The molecule has 2 aromatic rings. The van der Waals surface area contributed by atoms with E-state index in [1.54, 1.807) is 14.2 Å². The molecule has 0 aliphatic carbocycles. The van der Waals surface area contributed by atoms with Crippen LogP contribution in [0.15, 0.2) is 53.5 Å². The number of para-hydroxylation sites is 1. The second-order valence-electron chi connectivity index (χ2n) is 5.65. The van der Waals surface area contributed by atoms with Crippen molar-refractivity contribution in [3.8, 4) is 11.5 Å². The lowest BCUT2D eigenvalue weighted by Crippen LogP contribution is -2.40. The average molecular weight is 341 g/mol. The average Bonchev–Trinajstić information content (AvgIpc) is 2.65. The maximum absolute atomic E-state index is 5.70. The van der Waals surface area contributed by atoms with Crippen molar-refractivity contribution in [3.63, 3.8) is 0 Å². The summed E-state index contributed by atoms with van der Waals surface area (Å²) in [6.07, 6.45) is 0.866. The first kappa shape index (κ1) is 18.6. The van der Waals surface area contributed by atoms with Crippen LogP contribution in [0, 0.1) is 6.92 Å². The molecule has 0 aliphatic rings. The second-order valence-corrected chi connectivity index (χ2v) is 5.65. The van der Waals surface area contributed by atoms with Gasteiger partial charge in [0.2, 0.25) is 0 Å². The number of aliphatic imine (C=N–C) groups is 1. The minimum absolute atomic E-state index is 0.580. The van der Waals surface area contributed by atoms with Crippen molar-refractivity contribution in [3.05, 3.63) is 59.7 Å². The van der Waals surface area contributed by atoms with Crippen molar-refractivity contribution in [1.82, 2.24) is 10.6 Å². The third kappa shape index (κ3) is 6.37. The molecule has 0 saturated heterocycles. The Morgan fingerprint density at radius 3 is 2.44 bits per heavy atom. The molecule has 0 radical (unpaired) electrons. The molecule has 0 atom stereocenters. The summed E-state index contributed by atoms with van der Waals surface area (Å²) in [5.41, 5.74) is 2.40. The molecule has 5 heteroatoms. The summed E-state index contributed by atoms with van der Waals surface area (Å²) in [5.74, 6) is 2.56. The van der Waals surface area contributed by atoms with Gasteiger partial charge in [-0.1, -0.05) is 35.9 Å². The highest BCUT2D eigenvalue weighted by atomic mass is 16.5. The van der Waals surface area contributed by atoms with E-state index < -0.39 is 0 Å².